The van der Waals surface area contributed by atoms with Gasteiger partial charge in [0.25, 0.3) is 5.91 Å². The smallest absolute Gasteiger partial charge is 0.263 e. The second-order valence-electron chi connectivity index (χ2n) is 6.19. The van der Waals surface area contributed by atoms with E-state index in [1.165, 1.54) is 0 Å². The maximum absolute atomic E-state index is 13.3. The number of pyridine rings is 1. The average Bonchev–Trinajstić information content (AvgIpc) is 3.22. The summed E-state index contributed by atoms with van der Waals surface area (Å²) in [7, 11) is 0. The number of nitrogens with one attached hydrogen (secondary N) is 1. The van der Waals surface area contributed by atoms with Crippen LogP contribution in [-0.4, -0.2) is 15.9 Å². The van der Waals surface area contributed by atoms with Crippen molar-refractivity contribution >= 4 is 40.0 Å². The Balaban J connectivity index is 1.69. The molecule has 0 fully saturated rings. The lowest BCUT2D eigenvalue weighted by atomic mass is 10.0. The lowest BCUT2D eigenvalue weighted by molar-refractivity contribution is -0.112. The van der Waals surface area contributed by atoms with Crippen LogP contribution in [0.3, 0.4) is 0 Å². The van der Waals surface area contributed by atoms with E-state index in [-0.39, 0.29) is 5.91 Å². The third kappa shape index (κ3) is 2.16. The number of rotatable bonds is 2. The van der Waals surface area contributed by atoms with Crippen LogP contribution < -0.4 is 4.90 Å². The summed E-state index contributed by atoms with van der Waals surface area (Å²) in [5.74, 6) is -0.0179. The number of anilines is 2. The molecular weight excluding hydrogens is 322 g/mol. The van der Waals surface area contributed by atoms with Gasteiger partial charge in [-0.15, -0.1) is 0 Å². The van der Waals surface area contributed by atoms with E-state index < -0.39 is 0 Å². The molecule has 0 unspecified atom stereocenters. The van der Waals surface area contributed by atoms with Crippen LogP contribution in [0.15, 0.2) is 79.1 Å². The highest BCUT2D eigenvalue weighted by atomic mass is 16.2. The van der Waals surface area contributed by atoms with Gasteiger partial charge in [0, 0.05) is 34.6 Å². The molecule has 1 N–H and O–H groups in total. The van der Waals surface area contributed by atoms with Gasteiger partial charge in [-0.05, 0) is 36.4 Å². The summed E-state index contributed by atoms with van der Waals surface area (Å²) in [5, 5.41) is 1.00. The van der Waals surface area contributed by atoms with Crippen LogP contribution in [0.4, 0.5) is 11.4 Å². The summed E-state index contributed by atoms with van der Waals surface area (Å²) in [6.07, 6.45) is 5.60. The summed E-state index contributed by atoms with van der Waals surface area (Å²) in [4.78, 5) is 22.5. The topological polar surface area (TPSA) is 49.0 Å². The van der Waals surface area contributed by atoms with Crippen LogP contribution in [0.2, 0.25) is 0 Å². The molecule has 4 aromatic rings. The van der Waals surface area contributed by atoms with Gasteiger partial charge in [-0.2, -0.15) is 0 Å². The fraction of sp³-hybridized carbons (Fsp3) is 0. The summed E-state index contributed by atoms with van der Waals surface area (Å²) < 4.78 is 0. The van der Waals surface area contributed by atoms with E-state index in [2.05, 4.69) is 9.97 Å². The predicted octanol–water partition coefficient (Wildman–Crippen LogP) is 4.78. The molecule has 1 aliphatic heterocycles. The Morgan fingerprint density at radius 1 is 0.923 bits per heavy atom. The third-order valence-electron chi connectivity index (χ3n) is 4.67. The lowest BCUT2D eigenvalue weighted by Gasteiger charge is -2.16. The van der Waals surface area contributed by atoms with Crippen molar-refractivity contribution < 1.29 is 4.79 Å². The van der Waals surface area contributed by atoms with Gasteiger partial charge in [0.05, 0.1) is 11.3 Å². The van der Waals surface area contributed by atoms with Crippen molar-refractivity contribution in [3.8, 4) is 0 Å². The highest BCUT2D eigenvalue weighted by Gasteiger charge is 2.33. The molecule has 0 spiro atoms. The largest absolute Gasteiger partial charge is 0.346 e. The molecule has 1 aliphatic rings. The zero-order chi connectivity index (χ0) is 17.5. The molecule has 0 saturated carbocycles. The minimum Gasteiger partial charge on any atom is -0.346 e. The van der Waals surface area contributed by atoms with E-state index in [1.54, 1.807) is 11.1 Å². The molecule has 1 amide bonds. The number of nitrogens with zero attached hydrogens (tertiary/aromatic N) is 2. The van der Waals surface area contributed by atoms with Crippen molar-refractivity contribution in [3.05, 3.63) is 90.3 Å². The number of benzene rings is 2. The van der Waals surface area contributed by atoms with Gasteiger partial charge in [0.1, 0.15) is 5.65 Å². The zero-order valence-corrected chi connectivity index (χ0v) is 13.9. The van der Waals surface area contributed by atoms with Gasteiger partial charge < -0.3 is 4.98 Å². The Kier molecular flexibility index (Phi) is 3.22. The minimum atomic E-state index is -0.0179. The molecule has 0 radical (unpaired) electrons. The number of para-hydroxylation sites is 2. The maximum atomic E-state index is 13.3. The Morgan fingerprint density at radius 2 is 1.73 bits per heavy atom. The standard InChI is InChI=1S/C22H15N3O/c26-22-19(13-15-14-24-21-17(15)10-6-12-23-21)18-9-4-5-11-20(18)25(22)16-7-2-1-3-8-16/h1-14H,(H,23,24)/b19-13+. The van der Waals surface area contributed by atoms with Crippen LogP contribution in [0.1, 0.15) is 11.1 Å². The van der Waals surface area contributed by atoms with E-state index in [0.717, 1.165) is 33.5 Å². The van der Waals surface area contributed by atoms with Gasteiger partial charge in [0.2, 0.25) is 0 Å². The maximum Gasteiger partial charge on any atom is 0.263 e. The molecule has 124 valence electrons. The molecule has 4 heteroatoms. The van der Waals surface area contributed by atoms with E-state index in [1.807, 2.05) is 79.0 Å². The van der Waals surface area contributed by atoms with E-state index in [9.17, 15) is 4.79 Å². The number of hydrogen-bond acceptors (Lipinski definition) is 2. The quantitative estimate of drug-likeness (QED) is 0.535. The van der Waals surface area contributed by atoms with Crippen molar-refractivity contribution in [2.45, 2.75) is 0 Å². The number of carbonyl (C=O) groups is 1. The highest BCUT2D eigenvalue weighted by Crippen LogP contribution is 2.42. The zero-order valence-electron chi connectivity index (χ0n) is 13.9. The van der Waals surface area contributed by atoms with E-state index in [4.69, 9.17) is 0 Å². The number of hydrogen-bond donors (Lipinski definition) is 1. The summed E-state index contributed by atoms with van der Waals surface area (Å²) in [6.45, 7) is 0. The number of amides is 1. The molecule has 4 nitrogen and oxygen atoms in total. The van der Waals surface area contributed by atoms with Crippen molar-refractivity contribution in [3.63, 3.8) is 0 Å². The first-order valence-electron chi connectivity index (χ1n) is 8.45. The first kappa shape index (κ1) is 14.7. The number of carbonyl (C=O) groups excluding carboxylic acids is 1. The second-order valence-corrected chi connectivity index (χ2v) is 6.19. The minimum absolute atomic E-state index is 0.0179. The number of aromatic amines is 1. The molecule has 5 rings (SSSR count). The lowest BCUT2D eigenvalue weighted by Crippen LogP contribution is -2.20. The number of H-pyrrole nitrogens is 1. The van der Waals surface area contributed by atoms with Crippen molar-refractivity contribution in [2.75, 3.05) is 4.90 Å². The Bertz CT molecular complexity index is 1160. The van der Waals surface area contributed by atoms with Gasteiger partial charge in [-0.3, -0.25) is 9.69 Å². The van der Waals surface area contributed by atoms with E-state index >= 15 is 0 Å². The molecule has 0 bridgehead atoms. The second kappa shape index (κ2) is 5.70. The molecule has 26 heavy (non-hydrogen) atoms. The average molecular weight is 337 g/mol. The van der Waals surface area contributed by atoms with Gasteiger partial charge in [-0.25, -0.2) is 4.98 Å². The fourth-order valence-electron chi connectivity index (χ4n) is 3.47. The Hall–Kier alpha value is -3.66. The fourth-order valence-corrected chi connectivity index (χ4v) is 3.47. The first-order chi connectivity index (χ1) is 12.8. The van der Waals surface area contributed by atoms with Crippen molar-refractivity contribution in [1.29, 1.82) is 0 Å². The molecule has 2 aromatic heterocycles. The van der Waals surface area contributed by atoms with Crippen molar-refractivity contribution in [2.24, 2.45) is 0 Å². The van der Waals surface area contributed by atoms with Gasteiger partial charge in [0.15, 0.2) is 0 Å². The molecular formula is C22H15N3O. The van der Waals surface area contributed by atoms with Gasteiger partial charge >= 0.3 is 0 Å². The summed E-state index contributed by atoms with van der Waals surface area (Å²) >= 11 is 0. The third-order valence-corrected chi connectivity index (χ3v) is 4.67. The molecule has 0 aliphatic carbocycles. The number of aromatic nitrogens is 2. The van der Waals surface area contributed by atoms with Gasteiger partial charge in [-0.1, -0.05) is 36.4 Å². The van der Waals surface area contributed by atoms with Crippen molar-refractivity contribution in [1.82, 2.24) is 9.97 Å². The highest BCUT2D eigenvalue weighted by molar-refractivity contribution is 6.38. The molecule has 0 atom stereocenters. The Morgan fingerprint density at radius 3 is 2.62 bits per heavy atom. The van der Waals surface area contributed by atoms with E-state index in [0.29, 0.717) is 5.57 Å². The predicted molar refractivity (Wildman–Crippen MR) is 104 cm³/mol. The van der Waals surface area contributed by atoms with Crippen LogP contribution in [0.5, 0.6) is 0 Å². The molecule has 2 aromatic carbocycles. The summed E-state index contributed by atoms with van der Waals surface area (Å²) in [6, 6.07) is 21.5. The molecule has 3 heterocycles. The number of fused-ring (bicyclic) bond motifs is 2. The van der Waals surface area contributed by atoms with Crippen LogP contribution in [0, 0.1) is 0 Å². The van der Waals surface area contributed by atoms with Crippen LogP contribution >= 0.6 is 0 Å². The normalized spacial score (nSPS) is 15.0. The summed E-state index contributed by atoms with van der Waals surface area (Å²) in [5.41, 5.74) is 5.19. The van der Waals surface area contributed by atoms with Crippen LogP contribution in [-0.2, 0) is 4.79 Å². The molecule has 0 saturated heterocycles. The SMILES string of the molecule is O=C1/C(=C/c2c[nH]c3ncccc23)c2ccccc2N1c1ccccc1. The van der Waals surface area contributed by atoms with Crippen LogP contribution in [0.25, 0.3) is 22.7 Å². The Labute approximate surface area is 150 Å². The monoisotopic (exact) mass is 337 g/mol. The first-order valence-corrected chi connectivity index (χ1v) is 8.45.